The Hall–Kier alpha value is -0.157. The van der Waals surface area contributed by atoms with Crippen molar-refractivity contribution in [2.24, 2.45) is 5.92 Å². The van der Waals surface area contributed by atoms with Gasteiger partial charge in [0.15, 0.2) is 0 Å². The molecule has 2 unspecified atom stereocenters. The molecule has 0 aliphatic heterocycles. The van der Waals surface area contributed by atoms with E-state index in [1.54, 1.807) is 16.7 Å². The maximum atomic E-state index is 2.48. The van der Waals surface area contributed by atoms with E-state index in [0.717, 1.165) is 0 Å². The number of rotatable bonds is 2. The predicted molar refractivity (Wildman–Crippen MR) is 71.5 cm³/mol. The van der Waals surface area contributed by atoms with E-state index < -0.39 is 23.2 Å². The normalized spacial score (nSPS) is 32.6. The number of allylic oxidation sites excluding steroid dienone is 8. The second-order valence-electron chi connectivity index (χ2n) is 5.70. The summed E-state index contributed by atoms with van der Waals surface area (Å²) in [6.07, 6.45) is 7.21. The molecule has 2 rings (SSSR count). The Bertz CT molecular complexity index is 474. The van der Waals surface area contributed by atoms with Gasteiger partial charge in [0.05, 0.1) is 0 Å². The van der Waals surface area contributed by atoms with E-state index >= 15 is 0 Å². The van der Waals surface area contributed by atoms with E-state index in [0.29, 0.717) is 9.04 Å². The third kappa shape index (κ3) is 2.36. The van der Waals surface area contributed by atoms with Crippen LogP contribution in [0.5, 0.6) is 0 Å². The topological polar surface area (TPSA) is 0 Å². The first-order chi connectivity index (χ1) is 7.84. The van der Waals surface area contributed by atoms with Gasteiger partial charge in [0.25, 0.3) is 0 Å². The fourth-order valence-corrected chi connectivity index (χ4v) is 7.37. The summed E-state index contributed by atoms with van der Waals surface area (Å²) in [5, 5.41) is 0. The quantitative estimate of drug-likeness (QED) is 0.671. The van der Waals surface area contributed by atoms with Gasteiger partial charge < -0.3 is 0 Å². The summed E-state index contributed by atoms with van der Waals surface area (Å²) < 4.78 is 2.21. The third-order valence-corrected chi connectivity index (χ3v) is 9.00. The molecule has 0 radical (unpaired) electrons. The van der Waals surface area contributed by atoms with Crippen LogP contribution in [-0.4, -0.2) is 0 Å². The van der Waals surface area contributed by atoms with E-state index in [4.69, 9.17) is 0 Å². The maximum absolute atomic E-state index is 2.48. The molecular weight excluding hydrogens is 283 g/mol. The minimum absolute atomic E-state index is 0.406. The summed E-state index contributed by atoms with van der Waals surface area (Å²) in [5.74, 6) is 0.709. The van der Waals surface area contributed by atoms with Crippen molar-refractivity contribution in [1.82, 2.24) is 0 Å². The average Bonchev–Trinajstić information content (AvgIpc) is 2.69. The summed E-state index contributed by atoms with van der Waals surface area (Å²) in [4.78, 5) is 0. The molecule has 0 nitrogen and oxygen atoms in total. The molecule has 0 N–H and O–H groups in total. The second kappa shape index (κ2) is 4.50. The molecule has 2 atom stereocenters. The zero-order valence-corrected chi connectivity index (χ0v) is 14.3. The van der Waals surface area contributed by atoms with Gasteiger partial charge in [0.1, 0.15) is 0 Å². The Kier molecular flexibility index (Phi) is 3.52. The number of hydrogen-bond acceptors (Lipinski definition) is 0. The SMILES string of the molecule is CC1=C[C](C)([Zr][C]2=C(C)C(C)=C(C)C2C)C=C1. The Balaban J connectivity index is 2.26. The van der Waals surface area contributed by atoms with Gasteiger partial charge in [0, 0.05) is 0 Å². The Morgan fingerprint density at radius 1 is 1.12 bits per heavy atom. The van der Waals surface area contributed by atoms with Crippen LogP contribution < -0.4 is 0 Å². The summed E-state index contributed by atoms with van der Waals surface area (Å²) in [6.45, 7) is 14.0. The first kappa shape index (κ1) is 13.3. The molecule has 0 spiro atoms. The van der Waals surface area contributed by atoms with E-state index in [1.807, 2.05) is 3.28 Å². The van der Waals surface area contributed by atoms with Gasteiger partial charge in [-0.1, -0.05) is 0 Å². The molecule has 0 saturated heterocycles. The van der Waals surface area contributed by atoms with Crippen molar-refractivity contribution in [3.05, 3.63) is 43.8 Å². The molecule has 0 aromatic carbocycles. The molecule has 90 valence electrons. The van der Waals surface area contributed by atoms with Gasteiger partial charge in [-0.3, -0.25) is 0 Å². The van der Waals surface area contributed by atoms with E-state index in [9.17, 15) is 0 Å². The number of hydrogen-bond donors (Lipinski definition) is 0. The minimum atomic E-state index is -0.565. The molecule has 0 saturated carbocycles. The monoisotopic (exact) mass is 304 g/mol. The molecule has 17 heavy (non-hydrogen) atoms. The van der Waals surface area contributed by atoms with Crippen LogP contribution in [0.1, 0.15) is 41.5 Å². The van der Waals surface area contributed by atoms with Crippen LogP contribution in [0.25, 0.3) is 0 Å². The van der Waals surface area contributed by atoms with Gasteiger partial charge in [0.2, 0.25) is 0 Å². The van der Waals surface area contributed by atoms with Crippen molar-refractivity contribution in [1.29, 1.82) is 0 Å². The van der Waals surface area contributed by atoms with Crippen LogP contribution in [0.2, 0.25) is 3.12 Å². The summed E-state index contributed by atoms with van der Waals surface area (Å²) >= 11 is -0.565. The standard InChI is InChI=1S/C9H13.C7H9.Zr/c1-6-5-7(2)9(4)8(6)3;1-6-3-4-7(2)5-6;/h6H,1-4H3;3-5H,1-2H3;. The van der Waals surface area contributed by atoms with Crippen molar-refractivity contribution in [3.8, 4) is 0 Å². The Morgan fingerprint density at radius 3 is 2.18 bits per heavy atom. The van der Waals surface area contributed by atoms with Crippen LogP contribution in [0.15, 0.2) is 43.8 Å². The van der Waals surface area contributed by atoms with Crippen LogP contribution in [-0.2, 0) is 23.2 Å². The molecule has 0 aromatic heterocycles. The zero-order chi connectivity index (χ0) is 12.8. The summed E-state index contributed by atoms with van der Waals surface area (Å²) in [6, 6.07) is 0. The van der Waals surface area contributed by atoms with E-state index in [-0.39, 0.29) is 0 Å². The van der Waals surface area contributed by atoms with Crippen LogP contribution in [0.3, 0.4) is 0 Å². The zero-order valence-electron chi connectivity index (χ0n) is 11.8. The van der Waals surface area contributed by atoms with Gasteiger partial charge in [-0.15, -0.1) is 0 Å². The molecular formula is C16H22Zr. The van der Waals surface area contributed by atoms with Crippen LogP contribution >= 0.6 is 0 Å². The van der Waals surface area contributed by atoms with Gasteiger partial charge in [-0.2, -0.15) is 0 Å². The predicted octanol–water partition coefficient (Wildman–Crippen LogP) is 5.02. The molecule has 2 aliphatic rings. The molecule has 1 heteroatoms. The first-order valence-electron chi connectivity index (χ1n) is 6.39. The van der Waals surface area contributed by atoms with Crippen molar-refractivity contribution in [3.63, 3.8) is 0 Å². The fraction of sp³-hybridized carbons (Fsp3) is 0.500. The van der Waals surface area contributed by atoms with Gasteiger partial charge in [-0.25, -0.2) is 0 Å². The van der Waals surface area contributed by atoms with E-state index in [2.05, 4.69) is 59.8 Å². The summed E-state index contributed by atoms with van der Waals surface area (Å²) in [5.41, 5.74) is 6.21. The molecule has 0 fully saturated rings. The first-order valence-corrected chi connectivity index (χ1v) is 8.85. The van der Waals surface area contributed by atoms with E-state index in [1.165, 1.54) is 5.57 Å². The molecule has 0 heterocycles. The molecule has 0 aromatic rings. The summed E-state index contributed by atoms with van der Waals surface area (Å²) in [7, 11) is 0. The average molecular weight is 306 g/mol. The van der Waals surface area contributed by atoms with Crippen molar-refractivity contribution in [2.75, 3.05) is 0 Å². The van der Waals surface area contributed by atoms with Crippen LogP contribution in [0, 0.1) is 5.92 Å². The van der Waals surface area contributed by atoms with Gasteiger partial charge >= 0.3 is 118 Å². The van der Waals surface area contributed by atoms with Crippen molar-refractivity contribution < 1.29 is 23.2 Å². The van der Waals surface area contributed by atoms with Crippen LogP contribution in [0.4, 0.5) is 0 Å². The van der Waals surface area contributed by atoms with Gasteiger partial charge in [-0.05, 0) is 0 Å². The van der Waals surface area contributed by atoms with Crippen molar-refractivity contribution >= 4 is 0 Å². The fourth-order valence-electron chi connectivity index (χ4n) is 2.81. The molecule has 2 aliphatic carbocycles. The van der Waals surface area contributed by atoms with Crippen molar-refractivity contribution in [2.45, 2.75) is 44.7 Å². The molecule has 0 amide bonds. The third-order valence-electron chi connectivity index (χ3n) is 4.26. The second-order valence-corrected chi connectivity index (χ2v) is 10.3. The Morgan fingerprint density at radius 2 is 1.76 bits per heavy atom. The molecule has 0 bridgehead atoms. The Labute approximate surface area is 117 Å².